The molecule has 0 amide bonds. The molecule has 1 rings (SSSR count). The van der Waals surface area contributed by atoms with E-state index in [4.69, 9.17) is 10.8 Å². The Morgan fingerprint density at radius 1 is 1.35 bits per heavy atom. The maximum Gasteiger partial charge on any atom is 0.175 e. The Bertz CT molecular complexity index is 442. The molecule has 96 valence electrons. The molecule has 3 N–H and O–H groups in total. The molecule has 0 bridgehead atoms. The molecule has 1 aromatic carbocycles. The quantitative estimate of drug-likeness (QED) is 0.754. The number of hydrogen-bond donors (Lipinski definition) is 2. The van der Waals surface area contributed by atoms with Crippen LogP contribution in [0, 0.1) is 0 Å². The van der Waals surface area contributed by atoms with Crippen molar-refractivity contribution in [3.8, 4) is 0 Å². The largest absolute Gasteiger partial charge is 0.395 e. The lowest BCUT2D eigenvalue weighted by molar-refractivity contribution is 0.264. The van der Waals surface area contributed by atoms with Crippen molar-refractivity contribution in [3.63, 3.8) is 0 Å². The van der Waals surface area contributed by atoms with E-state index in [1.165, 1.54) is 6.26 Å². The van der Waals surface area contributed by atoms with Gasteiger partial charge in [0.15, 0.2) is 9.84 Å². The standard InChI is InChI=1S/C11H17NO3S2/c1-17(14,15)11-4-2-10(3-5-11)16-7-6-9(12)8-13/h2-5,9,13H,6-8,12H2,1H3. The van der Waals surface area contributed by atoms with Gasteiger partial charge in [-0.3, -0.25) is 0 Å². The van der Waals surface area contributed by atoms with Crippen LogP contribution >= 0.6 is 11.8 Å². The highest BCUT2D eigenvalue weighted by atomic mass is 32.2. The molecule has 1 aromatic rings. The smallest absolute Gasteiger partial charge is 0.175 e. The van der Waals surface area contributed by atoms with Gasteiger partial charge in [-0.15, -0.1) is 11.8 Å². The molecular formula is C11H17NO3S2. The molecule has 0 aliphatic heterocycles. The van der Waals surface area contributed by atoms with Crippen molar-refractivity contribution in [2.24, 2.45) is 5.73 Å². The predicted octanol–water partition coefficient (Wildman–Crippen LogP) is 0.892. The van der Waals surface area contributed by atoms with E-state index >= 15 is 0 Å². The van der Waals surface area contributed by atoms with E-state index < -0.39 is 9.84 Å². The number of nitrogens with two attached hydrogens (primary N) is 1. The second kappa shape index (κ2) is 6.39. The lowest BCUT2D eigenvalue weighted by Gasteiger charge is -2.07. The summed E-state index contributed by atoms with van der Waals surface area (Å²) in [6.45, 7) is -0.00637. The zero-order valence-corrected chi connectivity index (χ0v) is 11.3. The van der Waals surface area contributed by atoms with Gasteiger partial charge >= 0.3 is 0 Å². The van der Waals surface area contributed by atoms with E-state index in [1.54, 1.807) is 36.0 Å². The Morgan fingerprint density at radius 2 is 1.94 bits per heavy atom. The molecule has 0 heterocycles. The summed E-state index contributed by atoms with van der Waals surface area (Å²) in [5, 5.41) is 8.76. The van der Waals surface area contributed by atoms with E-state index in [0.717, 1.165) is 17.1 Å². The number of sulfone groups is 1. The Morgan fingerprint density at radius 3 is 2.41 bits per heavy atom. The summed E-state index contributed by atoms with van der Waals surface area (Å²) in [5.41, 5.74) is 5.58. The first kappa shape index (κ1) is 14.5. The number of thioether (sulfide) groups is 1. The molecule has 1 unspecified atom stereocenters. The van der Waals surface area contributed by atoms with Crippen LogP contribution in [-0.4, -0.2) is 38.2 Å². The van der Waals surface area contributed by atoms with Crippen molar-refractivity contribution in [2.45, 2.75) is 22.3 Å². The minimum atomic E-state index is -3.12. The summed E-state index contributed by atoms with van der Waals surface area (Å²) >= 11 is 1.60. The van der Waals surface area contributed by atoms with Gasteiger partial charge in [-0.1, -0.05) is 0 Å². The minimum Gasteiger partial charge on any atom is -0.395 e. The Kier molecular flexibility index (Phi) is 5.45. The average molecular weight is 275 g/mol. The lowest BCUT2D eigenvalue weighted by Crippen LogP contribution is -2.24. The number of aliphatic hydroxyl groups excluding tert-OH is 1. The first-order chi connectivity index (χ1) is 7.93. The predicted molar refractivity (Wildman–Crippen MR) is 70.0 cm³/mol. The van der Waals surface area contributed by atoms with Crippen molar-refractivity contribution in [1.82, 2.24) is 0 Å². The maximum atomic E-state index is 11.2. The van der Waals surface area contributed by atoms with E-state index in [9.17, 15) is 8.42 Å². The number of aliphatic hydroxyl groups is 1. The highest BCUT2D eigenvalue weighted by Gasteiger charge is 2.06. The fourth-order valence-electron chi connectivity index (χ4n) is 1.20. The maximum absolute atomic E-state index is 11.2. The van der Waals surface area contributed by atoms with Crippen LogP contribution < -0.4 is 5.73 Å². The molecule has 0 saturated heterocycles. The zero-order valence-electron chi connectivity index (χ0n) is 9.67. The Hall–Kier alpha value is -0.560. The zero-order chi connectivity index (χ0) is 12.9. The molecule has 17 heavy (non-hydrogen) atoms. The number of rotatable bonds is 6. The fraction of sp³-hybridized carbons (Fsp3) is 0.455. The second-order valence-corrected chi connectivity index (χ2v) is 7.01. The van der Waals surface area contributed by atoms with Gasteiger partial charge in [-0.25, -0.2) is 8.42 Å². The minimum absolute atomic E-state index is 0.00637. The average Bonchev–Trinajstić information content (AvgIpc) is 2.28. The Balaban J connectivity index is 2.52. The van der Waals surface area contributed by atoms with Crippen molar-refractivity contribution in [3.05, 3.63) is 24.3 Å². The molecule has 0 aliphatic carbocycles. The number of hydrogen-bond acceptors (Lipinski definition) is 5. The highest BCUT2D eigenvalue weighted by Crippen LogP contribution is 2.21. The van der Waals surface area contributed by atoms with Crippen molar-refractivity contribution in [2.75, 3.05) is 18.6 Å². The number of benzene rings is 1. The molecular weight excluding hydrogens is 258 g/mol. The van der Waals surface area contributed by atoms with Crippen LogP contribution in [0.15, 0.2) is 34.1 Å². The van der Waals surface area contributed by atoms with Gasteiger partial charge in [-0.05, 0) is 36.4 Å². The van der Waals surface area contributed by atoms with Crippen LogP contribution in [0.1, 0.15) is 6.42 Å². The highest BCUT2D eigenvalue weighted by molar-refractivity contribution is 7.99. The topological polar surface area (TPSA) is 80.4 Å². The third kappa shape index (κ3) is 5.08. The summed E-state index contributed by atoms with van der Waals surface area (Å²) < 4.78 is 22.5. The molecule has 0 fully saturated rings. The second-order valence-electron chi connectivity index (χ2n) is 3.82. The van der Waals surface area contributed by atoms with E-state index in [0.29, 0.717) is 4.90 Å². The van der Waals surface area contributed by atoms with Crippen LogP contribution in [-0.2, 0) is 9.84 Å². The molecule has 1 atom stereocenters. The summed E-state index contributed by atoms with van der Waals surface area (Å²) in [4.78, 5) is 1.33. The monoisotopic (exact) mass is 275 g/mol. The van der Waals surface area contributed by atoms with Crippen molar-refractivity contribution in [1.29, 1.82) is 0 Å². The van der Waals surface area contributed by atoms with Gasteiger partial charge < -0.3 is 10.8 Å². The van der Waals surface area contributed by atoms with E-state index in [1.807, 2.05) is 0 Å². The van der Waals surface area contributed by atoms with Gasteiger partial charge in [0, 0.05) is 17.2 Å². The van der Waals surface area contributed by atoms with Gasteiger partial charge in [0.25, 0.3) is 0 Å². The van der Waals surface area contributed by atoms with Crippen LogP contribution in [0.5, 0.6) is 0 Å². The molecule has 0 saturated carbocycles. The first-order valence-electron chi connectivity index (χ1n) is 5.23. The first-order valence-corrected chi connectivity index (χ1v) is 8.10. The third-order valence-electron chi connectivity index (χ3n) is 2.24. The third-order valence-corrected chi connectivity index (χ3v) is 4.42. The lowest BCUT2D eigenvalue weighted by atomic mass is 10.3. The molecule has 0 aromatic heterocycles. The van der Waals surface area contributed by atoms with Gasteiger partial charge in [0.1, 0.15) is 0 Å². The van der Waals surface area contributed by atoms with E-state index in [-0.39, 0.29) is 12.6 Å². The SMILES string of the molecule is CS(=O)(=O)c1ccc(SCCC(N)CO)cc1. The fourth-order valence-corrected chi connectivity index (χ4v) is 2.82. The van der Waals surface area contributed by atoms with Gasteiger partial charge in [0.05, 0.1) is 11.5 Å². The van der Waals surface area contributed by atoms with E-state index in [2.05, 4.69) is 0 Å². The summed E-state index contributed by atoms with van der Waals surface area (Å²) in [6.07, 6.45) is 1.92. The summed E-state index contributed by atoms with van der Waals surface area (Å²) in [6, 6.07) is 6.59. The van der Waals surface area contributed by atoms with Gasteiger partial charge in [-0.2, -0.15) is 0 Å². The molecule has 0 spiro atoms. The van der Waals surface area contributed by atoms with Crippen LogP contribution in [0.4, 0.5) is 0 Å². The van der Waals surface area contributed by atoms with Crippen molar-refractivity contribution < 1.29 is 13.5 Å². The molecule has 0 radical (unpaired) electrons. The van der Waals surface area contributed by atoms with Crippen LogP contribution in [0.2, 0.25) is 0 Å². The molecule has 4 nitrogen and oxygen atoms in total. The Labute approximate surface area is 106 Å². The molecule has 0 aliphatic rings. The molecule has 6 heteroatoms. The summed E-state index contributed by atoms with van der Waals surface area (Å²) in [5.74, 6) is 0.806. The van der Waals surface area contributed by atoms with Crippen LogP contribution in [0.25, 0.3) is 0 Å². The van der Waals surface area contributed by atoms with Crippen LogP contribution in [0.3, 0.4) is 0 Å². The van der Waals surface area contributed by atoms with Gasteiger partial charge in [0.2, 0.25) is 0 Å². The van der Waals surface area contributed by atoms with Crippen molar-refractivity contribution >= 4 is 21.6 Å². The summed E-state index contributed by atoms with van der Waals surface area (Å²) in [7, 11) is -3.12. The normalized spacial score (nSPS) is 13.6.